The van der Waals surface area contributed by atoms with Gasteiger partial charge in [0.25, 0.3) is 0 Å². The Morgan fingerprint density at radius 3 is 2.07 bits per heavy atom. The average Bonchev–Trinajstić information content (AvgIpc) is 2.18. The molecular formula is C14H18O. The number of hydrogen-bond donors (Lipinski definition) is 0. The highest BCUT2D eigenvalue weighted by molar-refractivity contribution is 5.66. The number of allylic oxidation sites excluding steroid dienone is 10. The van der Waals surface area contributed by atoms with Crippen molar-refractivity contribution in [3.63, 3.8) is 0 Å². The van der Waals surface area contributed by atoms with Crippen molar-refractivity contribution >= 4 is 6.29 Å². The van der Waals surface area contributed by atoms with Crippen molar-refractivity contribution < 1.29 is 4.79 Å². The van der Waals surface area contributed by atoms with Gasteiger partial charge in [-0.15, -0.1) is 0 Å². The molecule has 0 spiro atoms. The zero-order valence-corrected chi connectivity index (χ0v) is 9.60. The summed E-state index contributed by atoms with van der Waals surface area (Å²) in [6, 6.07) is 0. The Balaban J connectivity index is 4.27. The molecule has 0 aliphatic rings. The maximum Gasteiger partial charge on any atom is 0.143 e. The second-order valence-electron chi connectivity index (χ2n) is 3.20. The normalized spacial score (nSPS) is 14.6. The van der Waals surface area contributed by atoms with Crippen molar-refractivity contribution in [3.05, 3.63) is 59.8 Å². The molecule has 0 aromatic rings. The summed E-state index contributed by atoms with van der Waals surface area (Å²) in [6.07, 6.45) is 16.2. The molecule has 15 heavy (non-hydrogen) atoms. The minimum absolute atomic E-state index is 0.794. The van der Waals surface area contributed by atoms with Crippen LogP contribution in [0.5, 0.6) is 0 Å². The zero-order valence-electron chi connectivity index (χ0n) is 9.60. The van der Waals surface area contributed by atoms with Crippen molar-refractivity contribution in [1.29, 1.82) is 0 Å². The molecule has 0 saturated heterocycles. The molecule has 1 nitrogen and oxygen atoms in total. The molecule has 0 atom stereocenters. The zero-order chi connectivity index (χ0) is 11.5. The Morgan fingerprint density at radius 2 is 1.47 bits per heavy atom. The third kappa shape index (κ3) is 8.69. The Kier molecular flexibility index (Phi) is 7.97. The molecular weight excluding hydrogens is 184 g/mol. The van der Waals surface area contributed by atoms with Crippen LogP contribution >= 0.6 is 0 Å². The molecule has 0 aromatic carbocycles. The summed E-state index contributed by atoms with van der Waals surface area (Å²) < 4.78 is 0. The fraction of sp³-hybridized carbons (Fsp3) is 0.214. The van der Waals surface area contributed by atoms with Gasteiger partial charge in [0.1, 0.15) is 6.29 Å². The third-order valence-electron chi connectivity index (χ3n) is 1.71. The topological polar surface area (TPSA) is 17.1 Å². The molecule has 0 unspecified atom stereocenters. The first kappa shape index (κ1) is 13.4. The third-order valence-corrected chi connectivity index (χ3v) is 1.71. The van der Waals surface area contributed by atoms with Crippen LogP contribution in [0.4, 0.5) is 0 Å². The van der Waals surface area contributed by atoms with Crippen LogP contribution in [0, 0.1) is 0 Å². The first-order valence-electron chi connectivity index (χ1n) is 4.97. The maximum atomic E-state index is 10.1. The molecule has 0 bridgehead atoms. The van der Waals surface area contributed by atoms with E-state index in [-0.39, 0.29) is 0 Å². The molecule has 0 saturated carbocycles. The van der Waals surface area contributed by atoms with Gasteiger partial charge in [0.15, 0.2) is 0 Å². The largest absolute Gasteiger partial charge is 0.299 e. The molecule has 0 rings (SSSR count). The minimum atomic E-state index is 0.794. The predicted molar refractivity (Wildman–Crippen MR) is 66.7 cm³/mol. The number of aldehydes is 1. The monoisotopic (exact) mass is 202 g/mol. The quantitative estimate of drug-likeness (QED) is 0.377. The highest BCUT2D eigenvalue weighted by Gasteiger charge is 1.79. The number of rotatable bonds is 5. The van der Waals surface area contributed by atoms with Crippen LogP contribution in [0.15, 0.2) is 59.8 Å². The predicted octanol–water partition coefficient (Wildman–Crippen LogP) is 3.77. The van der Waals surface area contributed by atoms with Crippen molar-refractivity contribution in [3.8, 4) is 0 Å². The van der Waals surface area contributed by atoms with Crippen molar-refractivity contribution in [2.45, 2.75) is 20.8 Å². The summed E-state index contributed by atoms with van der Waals surface area (Å²) >= 11 is 0. The molecule has 80 valence electrons. The van der Waals surface area contributed by atoms with Crippen LogP contribution in [0.2, 0.25) is 0 Å². The molecule has 0 N–H and O–H groups in total. The fourth-order valence-electron chi connectivity index (χ4n) is 0.889. The molecule has 0 aliphatic heterocycles. The molecule has 1 heteroatoms. The lowest BCUT2D eigenvalue weighted by molar-refractivity contribution is -0.104. The average molecular weight is 202 g/mol. The van der Waals surface area contributed by atoms with Crippen molar-refractivity contribution in [2.24, 2.45) is 0 Å². The van der Waals surface area contributed by atoms with E-state index >= 15 is 0 Å². The summed E-state index contributed by atoms with van der Waals surface area (Å²) in [6.45, 7) is 5.91. The van der Waals surface area contributed by atoms with Gasteiger partial charge >= 0.3 is 0 Å². The van der Waals surface area contributed by atoms with Crippen LogP contribution in [-0.2, 0) is 4.79 Å². The second kappa shape index (κ2) is 8.95. The summed E-state index contributed by atoms with van der Waals surface area (Å²) in [5.74, 6) is 0. The van der Waals surface area contributed by atoms with Crippen LogP contribution in [0.3, 0.4) is 0 Å². The molecule has 0 heterocycles. The van der Waals surface area contributed by atoms with E-state index in [1.165, 1.54) is 11.6 Å². The fourth-order valence-corrected chi connectivity index (χ4v) is 0.889. The van der Waals surface area contributed by atoms with Gasteiger partial charge in [-0.3, -0.25) is 4.79 Å². The van der Waals surface area contributed by atoms with E-state index < -0.39 is 0 Å². The lowest BCUT2D eigenvalue weighted by atomic mass is 10.2. The highest BCUT2D eigenvalue weighted by atomic mass is 16.1. The van der Waals surface area contributed by atoms with E-state index in [0.717, 1.165) is 11.9 Å². The molecule has 0 aromatic heterocycles. The minimum Gasteiger partial charge on any atom is -0.299 e. The number of carbonyl (C=O) groups is 1. The van der Waals surface area contributed by atoms with Gasteiger partial charge in [0, 0.05) is 0 Å². The van der Waals surface area contributed by atoms with Crippen molar-refractivity contribution in [1.82, 2.24) is 0 Å². The summed E-state index contributed by atoms with van der Waals surface area (Å²) in [5, 5.41) is 0. The van der Waals surface area contributed by atoms with E-state index in [2.05, 4.69) is 0 Å². The van der Waals surface area contributed by atoms with E-state index in [9.17, 15) is 4.79 Å². The molecule has 0 radical (unpaired) electrons. The van der Waals surface area contributed by atoms with Gasteiger partial charge < -0.3 is 0 Å². The smallest absolute Gasteiger partial charge is 0.143 e. The van der Waals surface area contributed by atoms with Gasteiger partial charge in [-0.25, -0.2) is 0 Å². The van der Waals surface area contributed by atoms with E-state index in [1.54, 1.807) is 0 Å². The molecule has 0 amide bonds. The van der Waals surface area contributed by atoms with E-state index in [1.807, 2.05) is 63.3 Å². The standard InChI is InChI=1S/C14H18O/c1-4-5-6-8-13(2)9-7-10-14(3)11-12-15/h4-12H,1-3H3. The lowest BCUT2D eigenvalue weighted by Gasteiger charge is -1.88. The Morgan fingerprint density at radius 1 is 0.867 bits per heavy atom. The van der Waals surface area contributed by atoms with Crippen LogP contribution in [-0.4, -0.2) is 6.29 Å². The Labute approximate surface area is 92.2 Å². The first-order valence-corrected chi connectivity index (χ1v) is 4.97. The summed E-state index contributed by atoms with van der Waals surface area (Å²) in [5.41, 5.74) is 2.12. The van der Waals surface area contributed by atoms with Gasteiger partial charge in [0.2, 0.25) is 0 Å². The van der Waals surface area contributed by atoms with Crippen LogP contribution < -0.4 is 0 Å². The van der Waals surface area contributed by atoms with Crippen LogP contribution in [0.1, 0.15) is 20.8 Å². The van der Waals surface area contributed by atoms with Crippen molar-refractivity contribution in [2.75, 3.05) is 0 Å². The maximum absolute atomic E-state index is 10.1. The molecule has 0 fully saturated rings. The highest BCUT2D eigenvalue weighted by Crippen LogP contribution is 1.98. The molecule has 0 aliphatic carbocycles. The summed E-state index contributed by atoms with van der Waals surface area (Å²) in [4.78, 5) is 10.1. The van der Waals surface area contributed by atoms with Crippen LogP contribution in [0.25, 0.3) is 0 Å². The Hall–Kier alpha value is -1.63. The van der Waals surface area contributed by atoms with Gasteiger partial charge in [-0.1, -0.05) is 48.1 Å². The second-order valence-corrected chi connectivity index (χ2v) is 3.20. The number of hydrogen-bond acceptors (Lipinski definition) is 1. The van der Waals surface area contributed by atoms with Gasteiger partial charge in [-0.2, -0.15) is 0 Å². The van der Waals surface area contributed by atoms with E-state index in [0.29, 0.717) is 0 Å². The van der Waals surface area contributed by atoms with E-state index in [4.69, 9.17) is 0 Å². The first-order chi connectivity index (χ1) is 7.20. The summed E-state index contributed by atoms with van der Waals surface area (Å²) in [7, 11) is 0. The Bertz CT molecular complexity index is 325. The van der Waals surface area contributed by atoms with Gasteiger partial charge in [-0.05, 0) is 32.4 Å². The lowest BCUT2D eigenvalue weighted by Crippen LogP contribution is -1.70. The SMILES string of the molecule is CC=CC=CC(C)=CC=CC(C)=CC=O. The van der Waals surface area contributed by atoms with Gasteiger partial charge in [0.05, 0.1) is 0 Å². The number of carbonyl (C=O) groups excluding carboxylic acids is 1.